The lowest BCUT2D eigenvalue weighted by Gasteiger charge is -2.32. The van der Waals surface area contributed by atoms with E-state index in [4.69, 9.17) is 4.74 Å². The molecule has 0 aliphatic heterocycles. The van der Waals surface area contributed by atoms with Crippen LogP contribution in [0.1, 0.15) is 27.7 Å². The average molecular weight is 172 g/mol. The van der Waals surface area contributed by atoms with Crippen molar-refractivity contribution in [3.8, 4) is 0 Å². The summed E-state index contributed by atoms with van der Waals surface area (Å²) in [5.74, 6) is 0.310. The minimum atomic E-state index is -0.781. The van der Waals surface area contributed by atoms with Gasteiger partial charge in [-0.05, 0) is 19.8 Å². The minimum absolute atomic E-state index is 0.129. The first-order chi connectivity index (χ1) is 5.39. The molecule has 0 aromatic carbocycles. The highest BCUT2D eigenvalue weighted by Gasteiger charge is 2.29. The molecule has 0 spiro atoms. The van der Waals surface area contributed by atoms with Gasteiger partial charge < -0.3 is 9.84 Å². The summed E-state index contributed by atoms with van der Waals surface area (Å²) in [6, 6.07) is 0. The number of aliphatic hydroxyl groups is 1. The van der Waals surface area contributed by atoms with E-state index < -0.39 is 5.60 Å². The maximum atomic E-state index is 9.72. The predicted octanol–water partition coefficient (Wildman–Crippen LogP) is 1.98. The van der Waals surface area contributed by atoms with Crippen LogP contribution in [0, 0.1) is 5.92 Å². The third-order valence-electron chi connectivity index (χ3n) is 1.70. The van der Waals surface area contributed by atoms with Crippen molar-refractivity contribution in [3.05, 3.63) is 12.7 Å². The van der Waals surface area contributed by atoms with Crippen LogP contribution in [0.4, 0.5) is 0 Å². The molecule has 1 unspecified atom stereocenters. The number of rotatable bonds is 5. The van der Waals surface area contributed by atoms with Crippen LogP contribution in [0.2, 0.25) is 0 Å². The number of ether oxygens (including phenoxy) is 1. The third kappa shape index (κ3) is 3.88. The van der Waals surface area contributed by atoms with Gasteiger partial charge in [0.25, 0.3) is 0 Å². The lowest BCUT2D eigenvalue weighted by molar-refractivity contribution is -0.101. The molecule has 0 amide bonds. The molecule has 0 aromatic heterocycles. The van der Waals surface area contributed by atoms with Gasteiger partial charge in [-0.3, -0.25) is 0 Å². The van der Waals surface area contributed by atoms with E-state index in [-0.39, 0.29) is 6.10 Å². The first-order valence-corrected chi connectivity index (χ1v) is 4.34. The molecule has 0 heterocycles. The Balaban J connectivity index is 4.14. The molecule has 0 aliphatic carbocycles. The largest absolute Gasteiger partial charge is 0.388 e. The first kappa shape index (κ1) is 11.7. The fraction of sp³-hybridized carbons (Fsp3) is 0.800. The zero-order valence-electron chi connectivity index (χ0n) is 8.50. The molecule has 0 saturated heterocycles. The van der Waals surface area contributed by atoms with E-state index in [9.17, 15) is 5.11 Å². The highest BCUT2D eigenvalue weighted by Crippen LogP contribution is 2.20. The summed E-state index contributed by atoms with van der Waals surface area (Å²) in [4.78, 5) is 0. The molecule has 1 N–H and O–H groups in total. The number of hydrogen-bond acceptors (Lipinski definition) is 2. The summed E-state index contributed by atoms with van der Waals surface area (Å²) in [6.07, 6.45) is 1.57. The lowest BCUT2D eigenvalue weighted by atomic mass is 9.92. The maximum absolute atomic E-state index is 9.72. The Morgan fingerprint density at radius 3 is 2.25 bits per heavy atom. The topological polar surface area (TPSA) is 29.5 Å². The standard InChI is InChI=1S/C10H20O2/c1-6-7-12-9(8(2)3)10(4,5)11/h6,8-9,11H,1,7H2,2-5H3. The SMILES string of the molecule is C=CCOC(C(C)C)C(C)(C)O. The van der Waals surface area contributed by atoms with Crippen molar-refractivity contribution in [2.45, 2.75) is 39.4 Å². The molecule has 12 heavy (non-hydrogen) atoms. The molecule has 0 bridgehead atoms. The Morgan fingerprint density at radius 2 is 2.00 bits per heavy atom. The van der Waals surface area contributed by atoms with Gasteiger partial charge in [-0.1, -0.05) is 19.9 Å². The molecular weight excluding hydrogens is 152 g/mol. The Kier molecular flexibility index (Phi) is 4.50. The van der Waals surface area contributed by atoms with Gasteiger partial charge in [0.1, 0.15) is 0 Å². The summed E-state index contributed by atoms with van der Waals surface area (Å²) in [6.45, 7) is 11.7. The number of hydrogen-bond donors (Lipinski definition) is 1. The minimum Gasteiger partial charge on any atom is -0.388 e. The summed E-state index contributed by atoms with van der Waals surface area (Å²) in [7, 11) is 0. The van der Waals surface area contributed by atoms with Crippen LogP contribution < -0.4 is 0 Å². The molecule has 72 valence electrons. The van der Waals surface area contributed by atoms with Crippen LogP contribution in [0.15, 0.2) is 12.7 Å². The fourth-order valence-electron chi connectivity index (χ4n) is 1.38. The third-order valence-corrected chi connectivity index (χ3v) is 1.70. The van der Waals surface area contributed by atoms with Gasteiger partial charge in [-0.2, -0.15) is 0 Å². The molecule has 0 fully saturated rings. The van der Waals surface area contributed by atoms with Gasteiger partial charge in [-0.15, -0.1) is 6.58 Å². The van der Waals surface area contributed by atoms with E-state index >= 15 is 0 Å². The second-order valence-electron chi connectivity index (χ2n) is 3.94. The van der Waals surface area contributed by atoms with E-state index in [0.717, 1.165) is 0 Å². The van der Waals surface area contributed by atoms with Crippen LogP contribution >= 0.6 is 0 Å². The Labute approximate surface area is 75.2 Å². The normalized spacial score (nSPS) is 14.8. The zero-order chi connectivity index (χ0) is 9.78. The summed E-state index contributed by atoms with van der Waals surface area (Å²) < 4.78 is 5.45. The van der Waals surface area contributed by atoms with Crippen LogP contribution in [0.3, 0.4) is 0 Å². The van der Waals surface area contributed by atoms with Crippen LogP contribution in [-0.4, -0.2) is 23.4 Å². The summed E-state index contributed by atoms with van der Waals surface area (Å²) >= 11 is 0. The van der Waals surface area contributed by atoms with E-state index in [1.165, 1.54) is 0 Å². The molecule has 2 heteroatoms. The molecule has 0 radical (unpaired) electrons. The van der Waals surface area contributed by atoms with Crippen molar-refractivity contribution >= 4 is 0 Å². The Morgan fingerprint density at radius 1 is 1.50 bits per heavy atom. The molecule has 0 aliphatic rings. The van der Waals surface area contributed by atoms with Gasteiger partial charge in [0.05, 0.1) is 18.3 Å². The van der Waals surface area contributed by atoms with Crippen molar-refractivity contribution in [1.29, 1.82) is 0 Å². The second-order valence-corrected chi connectivity index (χ2v) is 3.94. The van der Waals surface area contributed by atoms with Gasteiger partial charge in [-0.25, -0.2) is 0 Å². The predicted molar refractivity (Wildman–Crippen MR) is 51.1 cm³/mol. The van der Waals surface area contributed by atoms with E-state index in [0.29, 0.717) is 12.5 Å². The van der Waals surface area contributed by atoms with Crippen molar-refractivity contribution in [3.63, 3.8) is 0 Å². The van der Waals surface area contributed by atoms with Crippen molar-refractivity contribution in [2.24, 2.45) is 5.92 Å². The van der Waals surface area contributed by atoms with Crippen LogP contribution in [-0.2, 0) is 4.74 Å². The lowest BCUT2D eigenvalue weighted by Crippen LogP contribution is -2.42. The highest BCUT2D eigenvalue weighted by molar-refractivity contribution is 4.82. The van der Waals surface area contributed by atoms with Crippen LogP contribution in [0.5, 0.6) is 0 Å². The zero-order valence-corrected chi connectivity index (χ0v) is 8.50. The molecule has 0 aromatic rings. The summed E-state index contributed by atoms with van der Waals surface area (Å²) in [5, 5.41) is 9.72. The second kappa shape index (κ2) is 4.63. The average Bonchev–Trinajstić information content (AvgIpc) is 1.84. The fourth-order valence-corrected chi connectivity index (χ4v) is 1.38. The molecule has 0 saturated carbocycles. The molecular formula is C10H20O2. The smallest absolute Gasteiger partial charge is 0.0883 e. The maximum Gasteiger partial charge on any atom is 0.0883 e. The molecule has 0 rings (SSSR count). The first-order valence-electron chi connectivity index (χ1n) is 4.34. The van der Waals surface area contributed by atoms with E-state index in [1.807, 2.05) is 13.8 Å². The van der Waals surface area contributed by atoms with Crippen molar-refractivity contribution in [1.82, 2.24) is 0 Å². The van der Waals surface area contributed by atoms with Crippen molar-refractivity contribution < 1.29 is 9.84 Å². The summed E-state index contributed by atoms with van der Waals surface area (Å²) in [5.41, 5.74) is -0.781. The van der Waals surface area contributed by atoms with E-state index in [1.54, 1.807) is 19.9 Å². The highest BCUT2D eigenvalue weighted by atomic mass is 16.5. The molecule has 1 atom stereocenters. The van der Waals surface area contributed by atoms with Gasteiger partial charge in [0.2, 0.25) is 0 Å². The Hall–Kier alpha value is -0.340. The quantitative estimate of drug-likeness (QED) is 0.643. The van der Waals surface area contributed by atoms with Crippen molar-refractivity contribution in [2.75, 3.05) is 6.61 Å². The monoisotopic (exact) mass is 172 g/mol. The van der Waals surface area contributed by atoms with Crippen LogP contribution in [0.25, 0.3) is 0 Å². The van der Waals surface area contributed by atoms with Gasteiger partial charge in [0.15, 0.2) is 0 Å². The van der Waals surface area contributed by atoms with E-state index in [2.05, 4.69) is 6.58 Å². The molecule has 2 nitrogen and oxygen atoms in total. The Bertz CT molecular complexity index is 133. The van der Waals surface area contributed by atoms with Gasteiger partial charge in [0, 0.05) is 0 Å². The van der Waals surface area contributed by atoms with Gasteiger partial charge >= 0.3 is 0 Å².